The normalized spacial score (nSPS) is 22.3. The van der Waals surface area contributed by atoms with Gasteiger partial charge in [0.2, 0.25) is 0 Å². The van der Waals surface area contributed by atoms with Crippen LogP contribution in [0, 0.1) is 11.7 Å². The van der Waals surface area contributed by atoms with E-state index in [0.29, 0.717) is 0 Å². The van der Waals surface area contributed by atoms with Crippen LogP contribution in [0.5, 0.6) is 0 Å². The van der Waals surface area contributed by atoms with E-state index in [1.54, 1.807) is 6.07 Å². The van der Waals surface area contributed by atoms with E-state index in [2.05, 4.69) is 27.8 Å². The number of likely N-dealkylation sites (tertiary alicyclic amines) is 1. The molecule has 1 nitrogen and oxygen atoms in total. The first-order valence-corrected chi connectivity index (χ1v) is 6.61. The molecule has 0 aliphatic carbocycles. The summed E-state index contributed by atoms with van der Waals surface area (Å²) in [5.41, 5.74) is 0.803. The van der Waals surface area contributed by atoms with Crippen LogP contribution in [0.2, 0.25) is 0 Å². The number of halogens is 2. The second kappa shape index (κ2) is 5.28. The molecule has 0 saturated carbocycles. The third kappa shape index (κ3) is 3.05. The first kappa shape index (κ1) is 12.1. The van der Waals surface area contributed by atoms with Crippen molar-refractivity contribution >= 4 is 15.9 Å². The summed E-state index contributed by atoms with van der Waals surface area (Å²) in [5.74, 6) is 0.639. The average Bonchev–Trinajstić information content (AvgIpc) is 2.22. The molecule has 0 aromatic heterocycles. The molecular formula is C13H17BrFN. The summed E-state index contributed by atoms with van der Waals surface area (Å²) in [5, 5.41) is 0. The average molecular weight is 286 g/mol. The Hall–Kier alpha value is -0.410. The molecule has 3 heteroatoms. The third-order valence-corrected chi connectivity index (χ3v) is 3.64. The van der Waals surface area contributed by atoms with Gasteiger partial charge < -0.3 is 0 Å². The maximum Gasteiger partial charge on any atom is 0.128 e. The number of benzene rings is 1. The Morgan fingerprint density at radius 3 is 3.00 bits per heavy atom. The molecule has 1 saturated heterocycles. The van der Waals surface area contributed by atoms with Gasteiger partial charge in [0, 0.05) is 23.1 Å². The van der Waals surface area contributed by atoms with Gasteiger partial charge in [0.25, 0.3) is 0 Å². The van der Waals surface area contributed by atoms with Gasteiger partial charge in [-0.15, -0.1) is 0 Å². The molecule has 0 N–H and O–H groups in total. The van der Waals surface area contributed by atoms with E-state index in [1.165, 1.54) is 12.8 Å². The summed E-state index contributed by atoms with van der Waals surface area (Å²) in [6.07, 6.45) is 2.54. The zero-order chi connectivity index (χ0) is 11.5. The largest absolute Gasteiger partial charge is 0.299 e. The molecule has 1 atom stereocenters. The summed E-state index contributed by atoms with van der Waals surface area (Å²) in [4.78, 5) is 2.35. The molecule has 1 heterocycles. The smallest absolute Gasteiger partial charge is 0.128 e. The summed E-state index contributed by atoms with van der Waals surface area (Å²) < 4.78 is 14.5. The van der Waals surface area contributed by atoms with Gasteiger partial charge in [-0.2, -0.15) is 0 Å². The monoisotopic (exact) mass is 285 g/mol. The van der Waals surface area contributed by atoms with E-state index >= 15 is 0 Å². The van der Waals surface area contributed by atoms with Crippen LogP contribution in [-0.4, -0.2) is 18.0 Å². The molecule has 1 aliphatic heterocycles. The molecule has 1 aromatic rings. The van der Waals surface area contributed by atoms with Gasteiger partial charge in [0.05, 0.1) is 0 Å². The molecule has 16 heavy (non-hydrogen) atoms. The molecule has 1 unspecified atom stereocenters. The highest BCUT2D eigenvalue weighted by Crippen LogP contribution is 2.20. The lowest BCUT2D eigenvalue weighted by Gasteiger charge is -2.30. The Kier molecular flexibility index (Phi) is 3.98. The molecule has 0 amide bonds. The molecule has 1 aromatic carbocycles. The van der Waals surface area contributed by atoms with E-state index in [9.17, 15) is 4.39 Å². The summed E-state index contributed by atoms with van der Waals surface area (Å²) >= 11 is 3.28. The van der Waals surface area contributed by atoms with Gasteiger partial charge in [0.1, 0.15) is 5.82 Å². The van der Waals surface area contributed by atoms with Crippen molar-refractivity contribution in [2.24, 2.45) is 5.92 Å². The highest BCUT2D eigenvalue weighted by atomic mass is 79.9. The number of hydrogen-bond donors (Lipinski definition) is 0. The SMILES string of the molecule is CC1CCCN(Cc2ccc(Br)cc2F)C1. The van der Waals surface area contributed by atoms with Crippen molar-refractivity contribution in [2.75, 3.05) is 13.1 Å². The van der Waals surface area contributed by atoms with Crippen LogP contribution in [0.15, 0.2) is 22.7 Å². The highest BCUT2D eigenvalue weighted by Gasteiger charge is 2.17. The van der Waals surface area contributed by atoms with Gasteiger partial charge in [0.15, 0.2) is 0 Å². The Bertz CT molecular complexity index is 367. The molecule has 1 aliphatic rings. The number of nitrogens with zero attached hydrogens (tertiary/aromatic N) is 1. The quantitative estimate of drug-likeness (QED) is 0.799. The fourth-order valence-corrected chi connectivity index (χ4v) is 2.65. The van der Waals surface area contributed by atoms with Crippen LogP contribution in [0.4, 0.5) is 4.39 Å². The molecule has 0 bridgehead atoms. The van der Waals surface area contributed by atoms with E-state index in [-0.39, 0.29) is 5.82 Å². The maximum atomic E-state index is 13.6. The van der Waals surface area contributed by atoms with Crippen molar-refractivity contribution in [1.82, 2.24) is 4.90 Å². The van der Waals surface area contributed by atoms with E-state index in [0.717, 1.165) is 35.6 Å². The van der Waals surface area contributed by atoms with Crippen LogP contribution in [-0.2, 0) is 6.54 Å². The number of hydrogen-bond acceptors (Lipinski definition) is 1. The third-order valence-electron chi connectivity index (χ3n) is 3.15. The lowest BCUT2D eigenvalue weighted by Crippen LogP contribution is -2.33. The Morgan fingerprint density at radius 1 is 1.50 bits per heavy atom. The fourth-order valence-electron chi connectivity index (χ4n) is 2.32. The minimum Gasteiger partial charge on any atom is -0.299 e. The molecule has 0 spiro atoms. The zero-order valence-electron chi connectivity index (χ0n) is 9.55. The standard InChI is InChI=1S/C13H17BrFN/c1-10-3-2-6-16(8-10)9-11-4-5-12(14)7-13(11)15/h4-5,7,10H,2-3,6,8-9H2,1H3. The van der Waals surface area contributed by atoms with Crippen molar-refractivity contribution < 1.29 is 4.39 Å². The first-order chi connectivity index (χ1) is 7.65. The van der Waals surface area contributed by atoms with Crippen molar-refractivity contribution in [3.63, 3.8) is 0 Å². The van der Waals surface area contributed by atoms with E-state index in [4.69, 9.17) is 0 Å². The van der Waals surface area contributed by atoms with Crippen LogP contribution in [0.25, 0.3) is 0 Å². The van der Waals surface area contributed by atoms with Gasteiger partial charge in [-0.05, 0) is 37.4 Å². The van der Waals surface area contributed by atoms with Crippen molar-refractivity contribution in [3.8, 4) is 0 Å². The van der Waals surface area contributed by atoms with Crippen LogP contribution in [0.3, 0.4) is 0 Å². The second-order valence-corrected chi connectivity index (χ2v) is 5.63. The minimum absolute atomic E-state index is 0.104. The van der Waals surface area contributed by atoms with Gasteiger partial charge in [-0.3, -0.25) is 4.90 Å². The summed E-state index contributed by atoms with van der Waals surface area (Å²) in [6, 6.07) is 5.33. The Balaban J connectivity index is 2.02. The molecule has 2 rings (SSSR count). The lowest BCUT2D eigenvalue weighted by molar-refractivity contribution is 0.175. The predicted octanol–water partition coefficient (Wildman–Crippen LogP) is 3.82. The second-order valence-electron chi connectivity index (χ2n) is 4.72. The predicted molar refractivity (Wildman–Crippen MR) is 67.8 cm³/mol. The zero-order valence-corrected chi connectivity index (χ0v) is 11.1. The fraction of sp³-hybridized carbons (Fsp3) is 0.538. The van der Waals surface area contributed by atoms with Crippen molar-refractivity contribution in [3.05, 3.63) is 34.1 Å². The summed E-state index contributed by atoms with van der Waals surface area (Å²) in [6.45, 7) is 5.20. The minimum atomic E-state index is -0.104. The molecule has 88 valence electrons. The number of rotatable bonds is 2. The van der Waals surface area contributed by atoms with Crippen LogP contribution in [0.1, 0.15) is 25.3 Å². The van der Waals surface area contributed by atoms with Gasteiger partial charge >= 0.3 is 0 Å². The molecule has 0 radical (unpaired) electrons. The topological polar surface area (TPSA) is 3.24 Å². The maximum absolute atomic E-state index is 13.6. The Morgan fingerprint density at radius 2 is 2.31 bits per heavy atom. The Labute approximate surface area is 105 Å². The van der Waals surface area contributed by atoms with E-state index < -0.39 is 0 Å². The van der Waals surface area contributed by atoms with Crippen molar-refractivity contribution in [2.45, 2.75) is 26.3 Å². The first-order valence-electron chi connectivity index (χ1n) is 5.81. The lowest BCUT2D eigenvalue weighted by atomic mass is 10.00. The molecular weight excluding hydrogens is 269 g/mol. The van der Waals surface area contributed by atoms with Crippen LogP contribution >= 0.6 is 15.9 Å². The van der Waals surface area contributed by atoms with Gasteiger partial charge in [-0.25, -0.2) is 4.39 Å². The van der Waals surface area contributed by atoms with E-state index in [1.807, 2.05) is 12.1 Å². The highest BCUT2D eigenvalue weighted by molar-refractivity contribution is 9.10. The van der Waals surface area contributed by atoms with Crippen LogP contribution < -0.4 is 0 Å². The number of piperidine rings is 1. The molecule has 1 fully saturated rings. The van der Waals surface area contributed by atoms with Crippen molar-refractivity contribution in [1.29, 1.82) is 0 Å². The summed E-state index contributed by atoms with van der Waals surface area (Å²) in [7, 11) is 0. The van der Waals surface area contributed by atoms with Gasteiger partial charge in [-0.1, -0.05) is 28.9 Å².